The van der Waals surface area contributed by atoms with Gasteiger partial charge in [0.2, 0.25) is 0 Å². The monoisotopic (exact) mass is 550 g/mol. The van der Waals surface area contributed by atoms with Crippen LogP contribution in [0.5, 0.6) is 0 Å². The first-order valence-electron chi connectivity index (χ1n) is 14.6. The maximum absolute atomic E-state index is 14.5. The number of carbonyl (C=O) groups is 4. The third-order valence-electron chi connectivity index (χ3n) is 12.5. The molecule has 2 heterocycles. The second kappa shape index (κ2) is 7.75. The lowest BCUT2D eigenvalue weighted by Gasteiger charge is -2.46. The number of hydrogen-bond donors (Lipinski definition) is 1. The molecule has 0 radical (unpaired) electrons. The van der Waals surface area contributed by atoms with Crippen LogP contribution in [0.4, 0.5) is 0 Å². The summed E-state index contributed by atoms with van der Waals surface area (Å²) in [5.41, 5.74) is -2.78. The first-order chi connectivity index (χ1) is 18.7. The smallest absolute Gasteiger partial charge is 0.334 e. The van der Waals surface area contributed by atoms with E-state index in [1.165, 1.54) is 6.92 Å². The fourth-order valence-corrected chi connectivity index (χ4v) is 10.9. The summed E-state index contributed by atoms with van der Waals surface area (Å²) in [7, 11) is 0. The third-order valence-corrected chi connectivity index (χ3v) is 12.5. The van der Waals surface area contributed by atoms with Crippen molar-refractivity contribution < 1.29 is 38.5 Å². The van der Waals surface area contributed by atoms with Crippen LogP contribution in [0.1, 0.15) is 60.3 Å². The molecule has 8 nitrogen and oxygen atoms in total. The number of esters is 3. The Kier molecular flexibility index (Phi) is 5.07. The summed E-state index contributed by atoms with van der Waals surface area (Å²) in [6.07, 6.45) is 5.63. The van der Waals surface area contributed by atoms with E-state index in [4.69, 9.17) is 14.2 Å². The second-order valence-electron chi connectivity index (χ2n) is 14.2. The van der Waals surface area contributed by atoms with E-state index in [2.05, 4.69) is 6.58 Å². The maximum Gasteiger partial charge on any atom is 0.334 e. The highest BCUT2D eigenvalue weighted by atomic mass is 16.6. The van der Waals surface area contributed by atoms with Gasteiger partial charge in [0.25, 0.3) is 0 Å². The Balaban J connectivity index is 1.44. The second-order valence-corrected chi connectivity index (χ2v) is 14.2. The first-order valence-corrected chi connectivity index (χ1v) is 14.6. The zero-order chi connectivity index (χ0) is 28.7. The molecule has 0 aromatic carbocycles. The molecule has 8 heteroatoms. The quantitative estimate of drug-likeness (QED) is 0.228. The van der Waals surface area contributed by atoms with E-state index >= 15 is 0 Å². The molecule has 0 aromatic heterocycles. The van der Waals surface area contributed by atoms with Gasteiger partial charge in [-0.2, -0.15) is 0 Å². The number of carbonyl (C=O) groups excluding carboxylic acids is 4. The largest absolute Gasteiger partial charge is 0.462 e. The number of allylic oxidation sites excluding steroid dienone is 2. The topological polar surface area (TPSA) is 116 Å². The molecule has 2 bridgehead atoms. The van der Waals surface area contributed by atoms with Crippen LogP contribution in [0.15, 0.2) is 36.0 Å². The van der Waals surface area contributed by atoms with Gasteiger partial charge >= 0.3 is 17.9 Å². The van der Waals surface area contributed by atoms with E-state index < -0.39 is 63.9 Å². The molecule has 4 unspecified atom stereocenters. The normalized spacial score (nSPS) is 53.8. The molecule has 7 aliphatic rings. The Hall–Kier alpha value is -2.74. The van der Waals surface area contributed by atoms with Crippen molar-refractivity contribution in [3.05, 3.63) is 36.0 Å². The highest BCUT2D eigenvalue weighted by molar-refractivity contribution is 5.96. The maximum atomic E-state index is 14.5. The van der Waals surface area contributed by atoms with E-state index in [0.717, 1.165) is 5.57 Å². The Morgan fingerprint density at radius 3 is 2.55 bits per heavy atom. The van der Waals surface area contributed by atoms with Crippen molar-refractivity contribution in [3.8, 4) is 0 Å². The van der Waals surface area contributed by atoms with Crippen molar-refractivity contribution >= 4 is 23.7 Å². The van der Waals surface area contributed by atoms with Gasteiger partial charge in [0.15, 0.2) is 5.78 Å². The van der Waals surface area contributed by atoms with Crippen molar-refractivity contribution in [2.24, 2.45) is 51.8 Å². The molecule has 2 aliphatic heterocycles. The molecule has 7 rings (SSSR count). The van der Waals surface area contributed by atoms with Crippen LogP contribution in [0.25, 0.3) is 0 Å². The van der Waals surface area contributed by atoms with E-state index in [1.807, 2.05) is 39.8 Å². The predicted octanol–water partition coefficient (Wildman–Crippen LogP) is 3.47. The van der Waals surface area contributed by atoms with Gasteiger partial charge in [-0.25, -0.2) is 4.79 Å². The van der Waals surface area contributed by atoms with Gasteiger partial charge in [-0.1, -0.05) is 38.2 Å². The van der Waals surface area contributed by atoms with Crippen molar-refractivity contribution in [1.82, 2.24) is 0 Å². The summed E-state index contributed by atoms with van der Waals surface area (Å²) in [5, 5.41) is 12.2. The fraction of sp³-hybridized carbons (Fsp3) is 0.688. The van der Waals surface area contributed by atoms with Crippen LogP contribution >= 0.6 is 0 Å². The molecule has 0 amide bonds. The Morgan fingerprint density at radius 1 is 1.12 bits per heavy atom. The van der Waals surface area contributed by atoms with E-state index in [1.54, 1.807) is 6.08 Å². The van der Waals surface area contributed by atoms with Gasteiger partial charge in [0, 0.05) is 47.0 Å². The van der Waals surface area contributed by atoms with Gasteiger partial charge < -0.3 is 19.3 Å². The minimum Gasteiger partial charge on any atom is -0.462 e. The number of fused-ring (bicyclic) bond motifs is 6. The van der Waals surface area contributed by atoms with Crippen molar-refractivity contribution in [3.63, 3.8) is 0 Å². The third kappa shape index (κ3) is 2.77. The molecule has 5 aliphatic carbocycles. The van der Waals surface area contributed by atoms with E-state index in [0.29, 0.717) is 24.8 Å². The molecule has 0 aromatic rings. The summed E-state index contributed by atoms with van der Waals surface area (Å²) < 4.78 is 18.5. The number of aliphatic hydroxyl groups is 1. The molecule has 13 atom stereocenters. The average Bonchev–Trinajstić information content (AvgIpc) is 3.53. The molecule has 1 N–H and O–H groups in total. The predicted molar refractivity (Wildman–Crippen MR) is 141 cm³/mol. The summed E-state index contributed by atoms with van der Waals surface area (Å²) >= 11 is 0. The van der Waals surface area contributed by atoms with Crippen LogP contribution < -0.4 is 0 Å². The van der Waals surface area contributed by atoms with Crippen molar-refractivity contribution in [2.45, 2.75) is 84.2 Å². The molecule has 5 fully saturated rings. The van der Waals surface area contributed by atoms with Crippen LogP contribution in [0.2, 0.25) is 0 Å². The molecular weight excluding hydrogens is 512 g/mol. The van der Waals surface area contributed by atoms with Gasteiger partial charge in [0.1, 0.15) is 18.3 Å². The summed E-state index contributed by atoms with van der Waals surface area (Å²) in [6, 6.07) is 0. The lowest BCUT2D eigenvalue weighted by Crippen LogP contribution is -2.53. The molecule has 2 saturated heterocycles. The van der Waals surface area contributed by atoms with Crippen LogP contribution in [0.3, 0.4) is 0 Å². The fourth-order valence-electron chi connectivity index (χ4n) is 10.9. The highest BCUT2D eigenvalue weighted by Crippen LogP contribution is 2.80. The van der Waals surface area contributed by atoms with Crippen LogP contribution in [0, 0.1) is 51.8 Å². The lowest BCUT2D eigenvalue weighted by molar-refractivity contribution is -0.162. The molecule has 3 saturated carbocycles. The molecule has 214 valence electrons. The molecular formula is C32H38O8. The van der Waals surface area contributed by atoms with E-state index in [-0.39, 0.29) is 41.8 Å². The van der Waals surface area contributed by atoms with Crippen molar-refractivity contribution in [2.75, 3.05) is 0 Å². The Labute approximate surface area is 234 Å². The Morgan fingerprint density at radius 2 is 1.85 bits per heavy atom. The van der Waals surface area contributed by atoms with E-state index in [9.17, 15) is 24.3 Å². The standard InChI is InChI=1S/C32H38O8/c1-14-11-19(34)21-15(2)12-20(38-17(4)33)23-25(22(14)21)40-28(36)32(23)13-31-10-9-29(32,5)26(31)24-18(7-8-30(31,6)37)16(3)27(35)39-24/h9-11,15,18,20-26,37H,3,7-8,12-13H2,1-2,4-6H3/t15?,18-,20-,21?,22-,23?,24-,25+,26-,29+,30+,31?,32+/m0/s1. The first kappa shape index (κ1) is 26.2. The molecule has 1 spiro atoms. The summed E-state index contributed by atoms with van der Waals surface area (Å²) in [4.78, 5) is 53.0. The van der Waals surface area contributed by atoms with Crippen molar-refractivity contribution in [1.29, 1.82) is 0 Å². The van der Waals surface area contributed by atoms with Crippen LogP contribution in [-0.4, -0.2) is 52.7 Å². The minimum absolute atomic E-state index is 0.0270. The SMILES string of the molecule is C=C1C(=O)O[C@@H]2[C@@H]3C4(C=C[C@@]3(C)[C@@]3(C4)C(=O)O[C@H]4C3[C@@H](OC(C)=O)CC(C)C3C(=O)C=C(C)[C@@H]34)[C@](C)(O)CC[C@@H]12. The minimum atomic E-state index is -1.19. The number of ketones is 1. The summed E-state index contributed by atoms with van der Waals surface area (Å²) in [6.45, 7) is 13.2. The van der Waals surface area contributed by atoms with Gasteiger partial charge in [-0.05, 0) is 51.5 Å². The van der Waals surface area contributed by atoms with Gasteiger partial charge in [0.05, 0.1) is 16.9 Å². The highest BCUT2D eigenvalue weighted by Gasteiger charge is 2.84. The zero-order valence-electron chi connectivity index (χ0n) is 23.8. The Bertz CT molecular complexity index is 1340. The summed E-state index contributed by atoms with van der Waals surface area (Å²) in [5.74, 6) is -3.15. The number of rotatable bonds is 1. The molecule has 40 heavy (non-hydrogen) atoms. The number of hydrogen-bond acceptors (Lipinski definition) is 8. The van der Waals surface area contributed by atoms with Gasteiger partial charge in [-0.3, -0.25) is 14.4 Å². The number of ether oxygens (including phenoxy) is 3. The average molecular weight is 551 g/mol. The zero-order valence-corrected chi connectivity index (χ0v) is 23.8. The van der Waals surface area contributed by atoms with Crippen LogP contribution in [-0.2, 0) is 33.4 Å². The van der Waals surface area contributed by atoms with Gasteiger partial charge in [-0.15, -0.1) is 0 Å². The lowest BCUT2D eigenvalue weighted by atomic mass is 9.54.